The Morgan fingerprint density at radius 2 is 1.61 bits per heavy atom. The van der Waals surface area contributed by atoms with E-state index in [0.29, 0.717) is 25.4 Å². The Bertz CT molecular complexity index is 972. The second kappa shape index (κ2) is 10.5. The maximum Gasteiger partial charge on any atom is 0.407 e. The summed E-state index contributed by atoms with van der Waals surface area (Å²) in [6, 6.07) is 16.4. The molecule has 1 atom stereocenters. The molecule has 2 aliphatic rings. The Kier molecular flexibility index (Phi) is 7.27. The van der Waals surface area contributed by atoms with Crippen LogP contribution < -0.4 is 10.6 Å². The summed E-state index contributed by atoms with van der Waals surface area (Å²) in [6.07, 6.45) is 2.44. The fraction of sp³-hybridized carbons (Fsp3) is 0.423. The lowest BCUT2D eigenvalue weighted by Gasteiger charge is -2.15. The lowest BCUT2D eigenvalue weighted by atomic mass is 9.98. The predicted octanol–water partition coefficient (Wildman–Crippen LogP) is 3.92. The van der Waals surface area contributed by atoms with Gasteiger partial charge in [-0.05, 0) is 53.4 Å². The summed E-state index contributed by atoms with van der Waals surface area (Å²) in [5.74, 6) is -0.519. The molecule has 0 bridgehead atoms. The standard InChI is InChI=1S/C26H30N2O5/c29-24(28-15-18(14-25(30)31)17-11-12-17)10-5-13-27-26(32)33-16-23-21-8-3-1-6-19(21)20-7-2-4-9-22(20)23/h1-4,6-9,17-18,23H,5,10-16H2,(H,27,32)(H,28,29)(H,30,31). The molecule has 33 heavy (non-hydrogen) atoms. The van der Waals surface area contributed by atoms with E-state index >= 15 is 0 Å². The summed E-state index contributed by atoms with van der Waals surface area (Å²) in [5.41, 5.74) is 4.69. The van der Waals surface area contributed by atoms with Crippen molar-refractivity contribution >= 4 is 18.0 Å². The summed E-state index contributed by atoms with van der Waals surface area (Å²) < 4.78 is 5.49. The molecule has 2 amide bonds. The number of carboxylic acids is 1. The molecule has 1 saturated carbocycles. The molecule has 0 aliphatic heterocycles. The highest BCUT2D eigenvalue weighted by atomic mass is 16.5. The van der Waals surface area contributed by atoms with Crippen LogP contribution in [-0.2, 0) is 14.3 Å². The second-order valence-electron chi connectivity index (χ2n) is 8.86. The maximum absolute atomic E-state index is 12.2. The molecule has 0 saturated heterocycles. The molecular formula is C26H30N2O5. The van der Waals surface area contributed by atoms with Crippen molar-refractivity contribution in [2.24, 2.45) is 11.8 Å². The number of carbonyl (C=O) groups excluding carboxylic acids is 2. The summed E-state index contributed by atoms with van der Waals surface area (Å²) in [7, 11) is 0. The summed E-state index contributed by atoms with van der Waals surface area (Å²) in [4.78, 5) is 35.2. The monoisotopic (exact) mass is 450 g/mol. The fourth-order valence-corrected chi connectivity index (χ4v) is 4.62. The fourth-order valence-electron chi connectivity index (χ4n) is 4.62. The zero-order valence-electron chi connectivity index (χ0n) is 18.6. The van der Waals surface area contributed by atoms with Crippen LogP contribution in [0.2, 0.25) is 0 Å². The first kappa shape index (κ1) is 22.8. The molecule has 0 radical (unpaired) electrons. The zero-order valence-corrected chi connectivity index (χ0v) is 18.6. The van der Waals surface area contributed by atoms with Crippen molar-refractivity contribution in [1.82, 2.24) is 10.6 Å². The molecule has 1 unspecified atom stereocenters. The van der Waals surface area contributed by atoms with Crippen molar-refractivity contribution in [3.8, 4) is 11.1 Å². The third-order valence-electron chi connectivity index (χ3n) is 6.48. The molecule has 2 aromatic carbocycles. The Balaban J connectivity index is 1.16. The number of nitrogens with one attached hydrogen (secondary N) is 2. The van der Waals surface area contributed by atoms with Crippen molar-refractivity contribution in [3.05, 3.63) is 59.7 Å². The third-order valence-corrected chi connectivity index (χ3v) is 6.48. The molecule has 174 valence electrons. The van der Waals surface area contributed by atoms with E-state index in [0.717, 1.165) is 24.0 Å². The van der Waals surface area contributed by atoms with Gasteiger partial charge in [0.2, 0.25) is 5.91 Å². The second-order valence-corrected chi connectivity index (χ2v) is 8.86. The van der Waals surface area contributed by atoms with E-state index in [1.165, 1.54) is 11.1 Å². The van der Waals surface area contributed by atoms with Gasteiger partial charge in [0.15, 0.2) is 0 Å². The number of amides is 2. The van der Waals surface area contributed by atoms with Crippen LogP contribution in [0.4, 0.5) is 4.79 Å². The molecule has 2 aromatic rings. The zero-order chi connectivity index (χ0) is 23.2. The first-order valence-corrected chi connectivity index (χ1v) is 11.6. The van der Waals surface area contributed by atoms with Gasteiger partial charge in [0.25, 0.3) is 0 Å². The number of rotatable bonds is 11. The van der Waals surface area contributed by atoms with E-state index in [2.05, 4.69) is 34.9 Å². The summed E-state index contributed by atoms with van der Waals surface area (Å²) >= 11 is 0. The summed E-state index contributed by atoms with van der Waals surface area (Å²) in [6.45, 7) is 0.993. The van der Waals surface area contributed by atoms with Gasteiger partial charge >= 0.3 is 12.1 Å². The molecule has 3 N–H and O–H groups in total. The molecule has 2 aliphatic carbocycles. The smallest absolute Gasteiger partial charge is 0.407 e. The van der Waals surface area contributed by atoms with Crippen LogP contribution in [0.1, 0.15) is 49.1 Å². The quantitative estimate of drug-likeness (QED) is 0.450. The summed E-state index contributed by atoms with van der Waals surface area (Å²) in [5, 5.41) is 14.5. The normalized spacial score (nSPS) is 15.3. The number of hydrogen-bond donors (Lipinski definition) is 3. The number of aliphatic carboxylic acids is 1. The van der Waals surface area contributed by atoms with Crippen LogP contribution in [0.15, 0.2) is 48.5 Å². The lowest BCUT2D eigenvalue weighted by Crippen LogP contribution is -2.32. The molecule has 7 nitrogen and oxygen atoms in total. The number of carboxylic acid groups (broad SMARTS) is 1. The minimum absolute atomic E-state index is 0.00500. The average molecular weight is 451 g/mol. The number of alkyl carbamates (subject to hydrolysis) is 1. The molecule has 0 spiro atoms. The van der Waals surface area contributed by atoms with E-state index in [1.807, 2.05) is 24.3 Å². The number of ether oxygens (including phenoxy) is 1. The number of hydrogen-bond acceptors (Lipinski definition) is 4. The van der Waals surface area contributed by atoms with Gasteiger partial charge in [0, 0.05) is 25.4 Å². The van der Waals surface area contributed by atoms with E-state index in [1.54, 1.807) is 0 Å². The van der Waals surface area contributed by atoms with Crippen molar-refractivity contribution in [1.29, 1.82) is 0 Å². The first-order chi connectivity index (χ1) is 16.0. The van der Waals surface area contributed by atoms with Gasteiger partial charge in [-0.2, -0.15) is 0 Å². The Hall–Kier alpha value is -3.35. The van der Waals surface area contributed by atoms with Crippen LogP contribution in [0.25, 0.3) is 11.1 Å². The van der Waals surface area contributed by atoms with Crippen molar-refractivity contribution in [2.45, 2.75) is 38.0 Å². The molecule has 4 rings (SSSR count). The number of carbonyl (C=O) groups is 3. The largest absolute Gasteiger partial charge is 0.481 e. The van der Waals surface area contributed by atoms with Crippen molar-refractivity contribution in [3.63, 3.8) is 0 Å². The van der Waals surface area contributed by atoms with Gasteiger partial charge in [-0.25, -0.2) is 4.79 Å². The van der Waals surface area contributed by atoms with E-state index in [4.69, 9.17) is 9.84 Å². The number of benzene rings is 2. The Labute approximate surface area is 193 Å². The van der Waals surface area contributed by atoms with Crippen LogP contribution >= 0.6 is 0 Å². The minimum atomic E-state index is -0.826. The molecule has 0 aromatic heterocycles. The lowest BCUT2D eigenvalue weighted by molar-refractivity contribution is -0.138. The topological polar surface area (TPSA) is 105 Å². The molecule has 1 fully saturated rings. The SMILES string of the molecule is O=C(O)CC(CNC(=O)CCCNC(=O)OCC1c2ccccc2-c2ccccc21)C1CC1. The average Bonchev–Trinajstić information content (AvgIpc) is 3.61. The highest BCUT2D eigenvalue weighted by Crippen LogP contribution is 2.44. The Morgan fingerprint density at radius 1 is 0.970 bits per heavy atom. The van der Waals surface area contributed by atoms with Crippen LogP contribution in [0, 0.1) is 11.8 Å². The minimum Gasteiger partial charge on any atom is -0.481 e. The van der Waals surface area contributed by atoms with Crippen LogP contribution in [0.5, 0.6) is 0 Å². The molecule has 7 heteroatoms. The Morgan fingerprint density at radius 3 is 2.21 bits per heavy atom. The van der Waals surface area contributed by atoms with Gasteiger partial charge < -0.3 is 20.5 Å². The van der Waals surface area contributed by atoms with Gasteiger partial charge in [-0.1, -0.05) is 48.5 Å². The maximum atomic E-state index is 12.2. The van der Waals surface area contributed by atoms with Crippen LogP contribution in [-0.4, -0.2) is 42.8 Å². The molecule has 0 heterocycles. The van der Waals surface area contributed by atoms with Gasteiger partial charge in [0.1, 0.15) is 6.61 Å². The first-order valence-electron chi connectivity index (χ1n) is 11.6. The predicted molar refractivity (Wildman–Crippen MR) is 124 cm³/mol. The third kappa shape index (κ3) is 5.92. The molecular weight excluding hydrogens is 420 g/mol. The number of fused-ring (bicyclic) bond motifs is 3. The van der Waals surface area contributed by atoms with Crippen LogP contribution in [0.3, 0.4) is 0 Å². The van der Waals surface area contributed by atoms with Gasteiger partial charge in [-0.15, -0.1) is 0 Å². The highest BCUT2D eigenvalue weighted by molar-refractivity contribution is 5.79. The highest BCUT2D eigenvalue weighted by Gasteiger charge is 2.32. The van der Waals surface area contributed by atoms with Crippen molar-refractivity contribution in [2.75, 3.05) is 19.7 Å². The van der Waals surface area contributed by atoms with Gasteiger partial charge in [0.05, 0.1) is 6.42 Å². The van der Waals surface area contributed by atoms with E-state index < -0.39 is 12.1 Å². The van der Waals surface area contributed by atoms with Crippen molar-refractivity contribution < 1.29 is 24.2 Å². The van der Waals surface area contributed by atoms with E-state index in [9.17, 15) is 14.4 Å². The van der Waals surface area contributed by atoms with E-state index in [-0.39, 0.29) is 37.2 Å². The van der Waals surface area contributed by atoms with Gasteiger partial charge in [-0.3, -0.25) is 9.59 Å².